The lowest BCUT2D eigenvalue weighted by molar-refractivity contribution is -0.122. The molecule has 2 aliphatic heterocycles. The van der Waals surface area contributed by atoms with Crippen LogP contribution in [0.15, 0.2) is 53.4 Å². The van der Waals surface area contributed by atoms with Crippen LogP contribution in [0.3, 0.4) is 0 Å². The first kappa shape index (κ1) is 20.1. The number of aryl methyl sites for hydroxylation is 1. The van der Waals surface area contributed by atoms with Gasteiger partial charge in [0.25, 0.3) is 17.1 Å². The third-order valence-corrected chi connectivity index (χ3v) is 6.10. The molecule has 0 radical (unpaired) electrons. The zero-order valence-corrected chi connectivity index (χ0v) is 17.5. The van der Waals surface area contributed by atoms with Gasteiger partial charge in [-0.3, -0.25) is 19.2 Å². The molecule has 0 unspecified atom stereocenters. The van der Waals surface area contributed by atoms with Crippen molar-refractivity contribution in [3.63, 3.8) is 0 Å². The van der Waals surface area contributed by atoms with Gasteiger partial charge in [-0.2, -0.15) is 0 Å². The van der Waals surface area contributed by atoms with Gasteiger partial charge in [0, 0.05) is 12.5 Å². The second-order valence-electron chi connectivity index (χ2n) is 7.16. The second-order valence-corrected chi connectivity index (χ2v) is 8.12. The van der Waals surface area contributed by atoms with E-state index in [1.807, 2.05) is 12.1 Å². The van der Waals surface area contributed by atoms with Crippen molar-refractivity contribution in [2.24, 2.45) is 0 Å². The maximum Gasteiger partial charge on any atom is 0.298 e. The predicted molar refractivity (Wildman–Crippen MR) is 117 cm³/mol. The summed E-state index contributed by atoms with van der Waals surface area (Å²) in [4.78, 5) is 53.0. The normalized spacial score (nSPS) is 18.4. The van der Waals surface area contributed by atoms with E-state index in [1.54, 1.807) is 36.4 Å². The minimum atomic E-state index is -0.580. The van der Waals surface area contributed by atoms with E-state index in [2.05, 4.69) is 6.92 Å². The molecule has 0 atom stereocenters. The van der Waals surface area contributed by atoms with Crippen molar-refractivity contribution in [1.82, 2.24) is 0 Å². The Hall–Kier alpha value is -3.19. The molecule has 0 spiro atoms. The van der Waals surface area contributed by atoms with Crippen LogP contribution < -0.4 is 9.80 Å². The van der Waals surface area contributed by atoms with Gasteiger partial charge < -0.3 is 0 Å². The fourth-order valence-electron chi connectivity index (χ4n) is 3.68. The first-order chi connectivity index (χ1) is 14.4. The van der Waals surface area contributed by atoms with E-state index < -0.39 is 23.0 Å². The second kappa shape index (κ2) is 7.91. The molecule has 0 N–H and O–H groups in total. The number of benzene rings is 2. The minimum Gasteiger partial charge on any atom is -0.274 e. The Labute approximate surface area is 178 Å². The number of carbonyl (C=O) groups excluding carboxylic acids is 4. The summed E-state index contributed by atoms with van der Waals surface area (Å²) in [6.45, 7) is 3.42. The molecule has 2 aromatic rings. The molecule has 0 aromatic heterocycles. The maximum absolute atomic E-state index is 13.2. The Morgan fingerprint density at radius 2 is 1.67 bits per heavy atom. The SMILES string of the molecule is CCCCc1ccc(N2C(=O)S/C(=C3\C(=O)N(C(C)=O)c4ccccc43)C2=O)cc1. The third-order valence-electron chi connectivity index (χ3n) is 5.16. The van der Waals surface area contributed by atoms with Gasteiger partial charge in [-0.1, -0.05) is 43.7 Å². The number of para-hydroxylation sites is 1. The smallest absolute Gasteiger partial charge is 0.274 e. The molecule has 7 heteroatoms. The number of rotatable bonds is 4. The van der Waals surface area contributed by atoms with Gasteiger partial charge in [0.2, 0.25) is 5.91 Å². The number of amides is 4. The van der Waals surface area contributed by atoms with Crippen molar-refractivity contribution in [3.05, 3.63) is 64.6 Å². The Morgan fingerprint density at radius 3 is 2.33 bits per heavy atom. The molecule has 2 heterocycles. The molecule has 4 rings (SSSR count). The average molecular weight is 420 g/mol. The summed E-state index contributed by atoms with van der Waals surface area (Å²) in [6.07, 6.45) is 3.10. The Bertz CT molecular complexity index is 1100. The quantitative estimate of drug-likeness (QED) is 0.679. The number of anilines is 2. The largest absolute Gasteiger partial charge is 0.298 e. The van der Waals surface area contributed by atoms with E-state index in [9.17, 15) is 19.2 Å². The molecular weight excluding hydrogens is 400 g/mol. The van der Waals surface area contributed by atoms with E-state index in [-0.39, 0.29) is 10.5 Å². The number of thioether (sulfide) groups is 1. The van der Waals surface area contributed by atoms with Crippen molar-refractivity contribution < 1.29 is 19.2 Å². The number of nitrogens with zero attached hydrogens (tertiary/aromatic N) is 2. The van der Waals surface area contributed by atoms with Gasteiger partial charge in [-0.25, -0.2) is 9.80 Å². The maximum atomic E-state index is 13.2. The average Bonchev–Trinajstić information content (AvgIpc) is 3.18. The highest BCUT2D eigenvalue weighted by molar-refractivity contribution is 8.19. The lowest BCUT2D eigenvalue weighted by Crippen LogP contribution is -2.32. The summed E-state index contributed by atoms with van der Waals surface area (Å²) in [5.74, 6) is -1.57. The zero-order valence-electron chi connectivity index (χ0n) is 16.7. The lowest BCUT2D eigenvalue weighted by Gasteiger charge is -2.13. The summed E-state index contributed by atoms with van der Waals surface area (Å²) in [5, 5.41) is -0.463. The van der Waals surface area contributed by atoms with Crippen molar-refractivity contribution in [3.8, 4) is 0 Å². The van der Waals surface area contributed by atoms with Gasteiger partial charge in [0.15, 0.2) is 0 Å². The molecule has 30 heavy (non-hydrogen) atoms. The molecule has 0 aliphatic carbocycles. The molecule has 0 bridgehead atoms. The van der Waals surface area contributed by atoms with Gasteiger partial charge in [0.1, 0.15) is 0 Å². The van der Waals surface area contributed by atoms with Crippen molar-refractivity contribution in [2.45, 2.75) is 33.1 Å². The van der Waals surface area contributed by atoms with Crippen LogP contribution in [0, 0.1) is 0 Å². The highest BCUT2D eigenvalue weighted by Crippen LogP contribution is 2.45. The Kier molecular flexibility index (Phi) is 5.30. The van der Waals surface area contributed by atoms with Crippen molar-refractivity contribution >= 4 is 51.7 Å². The van der Waals surface area contributed by atoms with Crippen LogP contribution in [0.25, 0.3) is 5.57 Å². The molecule has 1 fully saturated rings. The summed E-state index contributed by atoms with van der Waals surface area (Å²) in [7, 11) is 0. The number of fused-ring (bicyclic) bond motifs is 1. The van der Waals surface area contributed by atoms with Gasteiger partial charge >= 0.3 is 0 Å². The van der Waals surface area contributed by atoms with E-state index in [4.69, 9.17) is 0 Å². The van der Waals surface area contributed by atoms with Crippen molar-refractivity contribution in [2.75, 3.05) is 9.80 Å². The number of hydrogen-bond acceptors (Lipinski definition) is 5. The standard InChI is InChI=1S/C23H20N2O4S/c1-3-4-7-15-10-12-16(13-11-15)25-22(28)20(30-23(25)29)19-17-8-5-6-9-18(17)24(14(2)26)21(19)27/h5-6,8-13H,3-4,7H2,1-2H3/b20-19-. The van der Waals surface area contributed by atoms with Gasteiger partial charge in [0.05, 0.1) is 21.9 Å². The Morgan fingerprint density at radius 1 is 0.967 bits per heavy atom. The molecule has 4 amide bonds. The van der Waals surface area contributed by atoms with E-state index >= 15 is 0 Å². The van der Waals surface area contributed by atoms with E-state index in [1.165, 1.54) is 6.92 Å². The van der Waals surface area contributed by atoms with Crippen LogP contribution >= 0.6 is 11.8 Å². The van der Waals surface area contributed by atoms with Crippen LogP contribution in [0.2, 0.25) is 0 Å². The van der Waals surface area contributed by atoms with E-state index in [0.29, 0.717) is 16.9 Å². The predicted octanol–water partition coefficient (Wildman–Crippen LogP) is 4.53. The zero-order chi connectivity index (χ0) is 21.4. The molecule has 2 aliphatic rings. The summed E-state index contributed by atoms with van der Waals surface area (Å²) in [6, 6.07) is 14.1. The van der Waals surface area contributed by atoms with Gasteiger partial charge in [-0.05, 0) is 48.4 Å². The van der Waals surface area contributed by atoms with Crippen LogP contribution in [0.5, 0.6) is 0 Å². The van der Waals surface area contributed by atoms with Crippen LogP contribution in [-0.2, 0) is 20.8 Å². The fourth-order valence-corrected chi connectivity index (χ4v) is 4.61. The Balaban J connectivity index is 1.73. The molecule has 6 nitrogen and oxygen atoms in total. The summed E-state index contributed by atoms with van der Waals surface area (Å²) < 4.78 is 0. The topological polar surface area (TPSA) is 74.8 Å². The summed E-state index contributed by atoms with van der Waals surface area (Å²) in [5.41, 5.74) is 2.62. The molecular formula is C23H20N2O4S. The monoisotopic (exact) mass is 420 g/mol. The van der Waals surface area contributed by atoms with Gasteiger partial charge in [-0.15, -0.1) is 0 Å². The lowest BCUT2D eigenvalue weighted by atomic mass is 10.1. The summed E-state index contributed by atoms with van der Waals surface area (Å²) >= 11 is 0.731. The first-order valence-electron chi connectivity index (χ1n) is 9.78. The third kappa shape index (κ3) is 3.25. The fraction of sp³-hybridized carbons (Fsp3) is 0.217. The number of unbranched alkanes of at least 4 members (excludes halogenated alkanes) is 1. The first-order valence-corrected chi connectivity index (χ1v) is 10.6. The van der Waals surface area contributed by atoms with Crippen LogP contribution in [-0.4, -0.2) is 23.0 Å². The van der Waals surface area contributed by atoms with E-state index in [0.717, 1.165) is 46.4 Å². The van der Waals surface area contributed by atoms with Crippen LogP contribution in [0.1, 0.15) is 37.8 Å². The highest BCUT2D eigenvalue weighted by atomic mass is 32.2. The van der Waals surface area contributed by atoms with Crippen LogP contribution in [0.4, 0.5) is 16.2 Å². The minimum absolute atomic E-state index is 0.0521. The molecule has 152 valence electrons. The molecule has 0 saturated carbocycles. The molecule has 2 aromatic carbocycles. The number of carbonyl (C=O) groups is 4. The number of imide groups is 2. The highest BCUT2D eigenvalue weighted by Gasteiger charge is 2.44. The molecule has 1 saturated heterocycles. The number of hydrogen-bond donors (Lipinski definition) is 0. The van der Waals surface area contributed by atoms with Crippen molar-refractivity contribution in [1.29, 1.82) is 0 Å².